The molecule has 1 amide bonds. The minimum Gasteiger partial charge on any atom is -0.489 e. The van der Waals surface area contributed by atoms with Crippen molar-refractivity contribution in [2.45, 2.75) is 25.2 Å². The Bertz CT molecular complexity index is 905. The van der Waals surface area contributed by atoms with Gasteiger partial charge >= 0.3 is 12.1 Å². The summed E-state index contributed by atoms with van der Waals surface area (Å²) in [6, 6.07) is 11.9. The number of carbonyl (C=O) groups is 2. The van der Waals surface area contributed by atoms with Crippen LogP contribution in [0, 0.1) is 11.3 Å². The molecule has 6 nitrogen and oxygen atoms in total. The first kappa shape index (κ1) is 21.8. The van der Waals surface area contributed by atoms with Crippen LogP contribution in [-0.2, 0) is 16.1 Å². The summed E-state index contributed by atoms with van der Waals surface area (Å²) in [5, 5.41) is 10.6. The largest absolute Gasteiger partial charge is 0.489 e. The number of nitriles is 1. The molecule has 0 fully saturated rings. The summed E-state index contributed by atoms with van der Waals surface area (Å²) in [7, 11) is 0.965. The van der Waals surface area contributed by atoms with Crippen molar-refractivity contribution < 1.29 is 32.2 Å². The fourth-order valence-corrected chi connectivity index (χ4v) is 2.31. The summed E-state index contributed by atoms with van der Waals surface area (Å²) < 4.78 is 49.0. The normalized spacial score (nSPS) is 11.8. The van der Waals surface area contributed by atoms with Crippen LogP contribution in [0.15, 0.2) is 48.5 Å². The molecule has 2 rings (SSSR count). The van der Waals surface area contributed by atoms with Crippen LogP contribution < -0.4 is 10.1 Å². The monoisotopic (exact) mass is 406 g/mol. The zero-order valence-corrected chi connectivity index (χ0v) is 15.3. The van der Waals surface area contributed by atoms with Crippen LogP contribution in [0.2, 0.25) is 0 Å². The summed E-state index contributed by atoms with van der Waals surface area (Å²) in [4.78, 5) is 23.4. The van der Waals surface area contributed by atoms with E-state index in [0.717, 1.165) is 12.7 Å². The first-order valence-electron chi connectivity index (χ1n) is 8.39. The molecule has 0 aliphatic carbocycles. The minimum absolute atomic E-state index is 0.0542. The van der Waals surface area contributed by atoms with Crippen LogP contribution in [0.4, 0.5) is 13.2 Å². The van der Waals surface area contributed by atoms with Crippen molar-refractivity contribution in [2.75, 3.05) is 7.11 Å². The third-order valence-corrected chi connectivity index (χ3v) is 3.88. The second-order valence-electron chi connectivity index (χ2n) is 5.97. The summed E-state index contributed by atoms with van der Waals surface area (Å²) in [5.74, 6) is -1.81. The lowest BCUT2D eigenvalue weighted by atomic mass is 10.1. The SMILES string of the molecule is COC(=O)CC(NC(=O)c1cccc(OCc2ccc(C#N)cc2)c1)C(F)(F)F. The number of rotatable bonds is 7. The van der Waals surface area contributed by atoms with Crippen LogP contribution in [0.1, 0.15) is 27.9 Å². The highest BCUT2D eigenvalue weighted by Crippen LogP contribution is 2.24. The van der Waals surface area contributed by atoms with E-state index in [1.807, 2.05) is 6.07 Å². The van der Waals surface area contributed by atoms with Crippen LogP contribution >= 0.6 is 0 Å². The van der Waals surface area contributed by atoms with Crippen molar-refractivity contribution in [3.8, 4) is 11.8 Å². The molecule has 2 aromatic rings. The van der Waals surface area contributed by atoms with Crippen molar-refractivity contribution in [2.24, 2.45) is 0 Å². The standard InChI is InChI=1S/C20H17F3N2O4/c1-28-18(26)10-17(20(21,22)23)25-19(27)15-3-2-4-16(9-15)29-12-14-7-5-13(11-24)6-8-14/h2-9,17H,10,12H2,1H3,(H,25,27). The maximum Gasteiger partial charge on any atom is 0.409 e. The molecule has 152 valence electrons. The summed E-state index contributed by atoms with van der Waals surface area (Å²) in [5.41, 5.74) is 1.22. The van der Waals surface area contributed by atoms with E-state index >= 15 is 0 Å². The van der Waals surface area contributed by atoms with E-state index in [9.17, 15) is 22.8 Å². The smallest absolute Gasteiger partial charge is 0.409 e. The summed E-state index contributed by atoms with van der Waals surface area (Å²) in [6.07, 6.45) is -5.84. The second kappa shape index (κ2) is 9.59. The van der Waals surface area contributed by atoms with Gasteiger partial charge in [-0.25, -0.2) is 0 Å². The molecule has 29 heavy (non-hydrogen) atoms. The molecule has 9 heteroatoms. The van der Waals surface area contributed by atoms with Gasteiger partial charge in [-0.05, 0) is 35.9 Å². The number of esters is 1. The molecule has 0 heterocycles. The maximum absolute atomic E-state index is 13.1. The third-order valence-electron chi connectivity index (χ3n) is 3.88. The number of hydrogen-bond acceptors (Lipinski definition) is 5. The van der Waals surface area contributed by atoms with Crippen LogP contribution in [0.3, 0.4) is 0 Å². The number of amides is 1. The molecule has 0 aliphatic rings. The first-order valence-corrected chi connectivity index (χ1v) is 8.39. The number of halogens is 3. The molecule has 0 spiro atoms. The Morgan fingerprint density at radius 1 is 1.17 bits per heavy atom. The molecular formula is C20H17F3N2O4. The number of methoxy groups -OCH3 is 1. The van der Waals surface area contributed by atoms with Gasteiger partial charge in [-0.1, -0.05) is 18.2 Å². The van der Waals surface area contributed by atoms with Crippen LogP contribution in [0.25, 0.3) is 0 Å². The van der Waals surface area contributed by atoms with Gasteiger partial charge in [0.25, 0.3) is 5.91 Å². The molecule has 0 bridgehead atoms. The number of nitrogens with one attached hydrogen (secondary N) is 1. The van der Waals surface area contributed by atoms with Gasteiger partial charge in [0.15, 0.2) is 0 Å². The third kappa shape index (κ3) is 6.53. The number of alkyl halides is 3. The van der Waals surface area contributed by atoms with E-state index in [1.165, 1.54) is 18.2 Å². The molecule has 0 aromatic heterocycles. The molecule has 1 N–H and O–H groups in total. The highest BCUT2D eigenvalue weighted by Gasteiger charge is 2.42. The van der Waals surface area contributed by atoms with E-state index in [4.69, 9.17) is 10.00 Å². The van der Waals surface area contributed by atoms with Crippen molar-refractivity contribution in [1.82, 2.24) is 5.32 Å². The van der Waals surface area contributed by atoms with Crippen molar-refractivity contribution in [1.29, 1.82) is 5.26 Å². The Balaban J connectivity index is 2.05. The van der Waals surface area contributed by atoms with Crippen molar-refractivity contribution >= 4 is 11.9 Å². The number of carbonyl (C=O) groups excluding carboxylic acids is 2. The molecule has 0 aliphatic heterocycles. The molecule has 0 saturated carbocycles. The fraction of sp³-hybridized carbons (Fsp3) is 0.250. The van der Waals surface area contributed by atoms with Gasteiger partial charge in [-0.15, -0.1) is 0 Å². The predicted octanol–water partition coefficient (Wildman–Crippen LogP) is 3.36. The molecule has 2 aromatic carbocycles. The zero-order chi connectivity index (χ0) is 21.4. The van der Waals surface area contributed by atoms with E-state index in [1.54, 1.807) is 35.6 Å². The van der Waals surface area contributed by atoms with Crippen LogP contribution in [-0.4, -0.2) is 31.2 Å². The molecule has 1 unspecified atom stereocenters. The zero-order valence-electron chi connectivity index (χ0n) is 15.3. The fourth-order valence-electron chi connectivity index (χ4n) is 2.31. The maximum atomic E-state index is 13.1. The Kier molecular flexibility index (Phi) is 7.20. The lowest BCUT2D eigenvalue weighted by molar-refractivity contribution is -0.166. The van der Waals surface area contributed by atoms with Gasteiger partial charge in [-0.3, -0.25) is 9.59 Å². The van der Waals surface area contributed by atoms with E-state index in [2.05, 4.69) is 4.74 Å². The quantitative estimate of drug-likeness (QED) is 0.713. The predicted molar refractivity (Wildman–Crippen MR) is 95.9 cm³/mol. The van der Waals surface area contributed by atoms with E-state index in [0.29, 0.717) is 5.56 Å². The van der Waals surface area contributed by atoms with Crippen LogP contribution in [0.5, 0.6) is 5.75 Å². The van der Waals surface area contributed by atoms with E-state index in [-0.39, 0.29) is 17.9 Å². The topological polar surface area (TPSA) is 88.4 Å². The highest BCUT2D eigenvalue weighted by molar-refractivity contribution is 5.95. The number of hydrogen-bond donors (Lipinski definition) is 1. The summed E-state index contributed by atoms with van der Waals surface area (Å²) >= 11 is 0. The number of nitrogens with zero attached hydrogens (tertiary/aromatic N) is 1. The minimum atomic E-state index is -4.81. The van der Waals surface area contributed by atoms with Gasteiger partial charge < -0.3 is 14.8 Å². The Morgan fingerprint density at radius 3 is 2.45 bits per heavy atom. The first-order chi connectivity index (χ1) is 13.7. The Labute approximate surface area is 164 Å². The average Bonchev–Trinajstić information content (AvgIpc) is 2.71. The average molecular weight is 406 g/mol. The molecule has 0 saturated heterocycles. The van der Waals surface area contributed by atoms with Crippen molar-refractivity contribution in [3.63, 3.8) is 0 Å². The Morgan fingerprint density at radius 2 is 1.86 bits per heavy atom. The van der Waals surface area contributed by atoms with Crippen molar-refractivity contribution in [3.05, 3.63) is 65.2 Å². The van der Waals surface area contributed by atoms with Gasteiger partial charge in [0, 0.05) is 5.56 Å². The molecular weight excluding hydrogens is 389 g/mol. The van der Waals surface area contributed by atoms with Gasteiger partial charge in [0.05, 0.1) is 25.2 Å². The molecule has 1 atom stereocenters. The van der Waals surface area contributed by atoms with E-state index < -0.39 is 30.5 Å². The van der Waals surface area contributed by atoms with Gasteiger partial charge in [0.1, 0.15) is 18.4 Å². The number of ether oxygens (including phenoxy) is 2. The lowest BCUT2D eigenvalue weighted by Gasteiger charge is -2.20. The van der Waals surface area contributed by atoms with Gasteiger partial charge in [0.2, 0.25) is 0 Å². The van der Waals surface area contributed by atoms with Gasteiger partial charge in [-0.2, -0.15) is 18.4 Å². The summed E-state index contributed by atoms with van der Waals surface area (Å²) in [6.45, 7) is 0.143. The highest BCUT2D eigenvalue weighted by atomic mass is 19.4. The second-order valence-corrected chi connectivity index (χ2v) is 5.97. The number of benzene rings is 2. The molecule has 0 radical (unpaired) electrons. The lowest BCUT2D eigenvalue weighted by Crippen LogP contribution is -2.46. The Hall–Kier alpha value is -3.54.